The van der Waals surface area contributed by atoms with Crippen LogP contribution in [0.1, 0.15) is 5.69 Å². The van der Waals surface area contributed by atoms with Gasteiger partial charge in [0.15, 0.2) is 6.10 Å². The van der Waals surface area contributed by atoms with Crippen molar-refractivity contribution in [2.45, 2.75) is 13.0 Å². The SMILES string of the molecule is COC(=O)C1CN(c2cc(C)nc3ncnn23)CCO1. The number of esters is 1. The highest BCUT2D eigenvalue weighted by molar-refractivity contribution is 5.75. The summed E-state index contributed by atoms with van der Waals surface area (Å²) in [6.45, 7) is 3.45. The standard InChI is InChI=1S/C12H15N5O3/c1-8-5-10(17-12(15-8)13-7-14-17)16-3-4-20-9(6-16)11(18)19-2/h5,7,9H,3-4,6H2,1-2H3. The maximum atomic E-state index is 11.6. The molecule has 1 aliphatic heterocycles. The van der Waals surface area contributed by atoms with Gasteiger partial charge in [0.1, 0.15) is 12.1 Å². The predicted octanol–water partition coefficient (Wildman–Crippen LogP) is -0.189. The molecule has 8 nitrogen and oxygen atoms in total. The van der Waals surface area contributed by atoms with Crippen molar-refractivity contribution in [3.8, 4) is 0 Å². The van der Waals surface area contributed by atoms with Gasteiger partial charge in [-0.3, -0.25) is 0 Å². The molecule has 1 unspecified atom stereocenters. The number of nitrogens with zero attached hydrogens (tertiary/aromatic N) is 5. The molecule has 1 saturated heterocycles. The number of aromatic nitrogens is 4. The van der Waals surface area contributed by atoms with Crippen LogP contribution < -0.4 is 4.90 Å². The third-order valence-electron chi connectivity index (χ3n) is 3.22. The number of hydrogen-bond acceptors (Lipinski definition) is 7. The summed E-state index contributed by atoms with van der Waals surface area (Å²) in [5.74, 6) is 1.03. The number of aryl methyl sites for hydroxylation is 1. The van der Waals surface area contributed by atoms with E-state index in [0.717, 1.165) is 11.5 Å². The summed E-state index contributed by atoms with van der Waals surface area (Å²) >= 11 is 0. The Labute approximate surface area is 115 Å². The number of anilines is 1. The Morgan fingerprint density at radius 2 is 2.40 bits per heavy atom. The summed E-state index contributed by atoms with van der Waals surface area (Å²) < 4.78 is 11.8. The molecular weight excluding hydrogens is 262 g/mol. The molecule has 1 atom stereocenters. The summed E-state index contributed by atoms with van der Waals surface area (Å²) in [6, 6.07) is 1.92. The minimum atomic E-state index is -0.583. The second-order valence-corrected chi connectivity index (χ2v) is 4.56. The molecule has 0 N–H and O–H groups in total. The lowest BCUT2D eigenvalue weighted by molar-refractivity contribution is -0.154. The van der Waals surface area contributed by atoms with Crippen molar-refractivity contribution in [1.82, 2.24) is 19.6 Å². The van der Waals surface area contributed by atoms with Crippen LogP contribution in [0.25, 0.3) is 5.78 Å². The largest absolute Gasteiger partial charge is 0.467 e. The van der Waals surface area contributed by atoms with Crippen LogP contribution in [-0.2, 0) is 14.3 Å². The first kappa shape index (κ1) is 12.8. The first-order valence-electron chi connectivity index (χ1n) is 6.31. The van der Waals surface area contributed by atoms with Gasteiger partial charge in [0.2, 0.25) is 0 Å². The molecule has 2 aromatic heterocycles. The normalized spacial score (nSPS) is 19.3. The maximum absolute atomic E-state index is 11.6. The molecule has 0 aromatic carbocycles. The summed E-state index contributed by atoms with van der Waals surface area (Å²) in [7, 11) is 1.36. The van der Waals surface area contributed by atoms with Crippen LogP contribution in [-0.4, -0.2) is 58.5 Å². The van der Waals surface area contributed by atoms with Crippen molar-refractivity contribution in [1.29, 1.82) is 0 Å². The van der Waals surface area contributed by atoms with Gasteiger partial charge < -0.3 is 14.4 Å². The zero-order chi connectivity index (χ0) is 14.1. The van der Waals surface area contributed by atoms with Crippen LogP contribution in [0.4, 0.5) is 5.82 Å². The van der Waals surface area contributed by atoms with Crippen molar-refractivity contribution in [2.24, 2.45) is 0 Å². The summed E-state index contributed by atoms with van der Waals surface area (Å²) in [5.41, 5.74) is 0.849. The molecule has 1 fully saturated rings. The van der Waals surface area contributed by atoms with Crippen LogP contribution in [0.3, 0.4) is 0 Å². The highest BCUT2D eigenvalue weighted by atomic mass is 16.6. The van der Waals surface area contributed by atoms with E-state index in [0.29, 0.717) is 25.5 Å². The molecule has 106 valence electrons. The van der Waals surface area contributed by atoms with Gasteiger partial charge in [0.25, 0.3) is 5.78 Å². The summed E-state index contributed by atoms with van der Waals surface area (Å²) in [4.78, 5) is 22.0. The van der Waals surface area contributed by atoms with Crippen molar-refractivity contribution >= 4 is 17.6 Å². The Bertz CT molecular complexity index is 641. The fourth-order valence-electron chi connectivity index (χ4n) is 2.27. The summed E-state index contributed by atoms with van der Waals surface area (Å²) in [5, 5.41) is 4.17. The number of methoxy groups -OCH3 is 1. The molecule has 0 spiro atoms. The highest BCUT2D eigenvalue weighted by Gasteiger charge is 2.28. The van der Waals surface area contributed by atoms with E-state index in [1.54, 1.807) is 4.52 Å². The fraction of sp³-hybridized carbons (Fsp3) is 0.500. The fourth-order valence-corrected chi connectivity index (χ4v) is 2.27. The van der Waals surface area contributed by atoms with E-state index in [2.05, 4.69) is 15.1 Å². The number of rotatable bonds is 2. The average Bonchev–Trinajstić information content (AvgIpc) is 2.93. The molecule has 0 saturated carbocycles. The second kappa shape index (κ2) is 5.04. The molecule has 2 aromatic rings. The van der Waals surface area contributed by atoms with Gasteiger partial charge in [-0.2, -0.15) is 14.6 Å². The molecule has 20 heavy (non-hydrogen) atoms. The van der Waals surface area contributed by atoms with Crippen LogP contribution in [0, 0.1) is 6.92 Å². The Hall–Kier alpha value is -2.22. The number of fused-ring (bicyclic) bond motifs is 1. The van der Waals surface area contributed by atoms with Crippen LogP contribution in [0.2, 0.25) is 0 Å². The third-order valence-corrected chi connectivity index (χ3v) is 3.22. The quantitative estimate of drug-likeness (QED) is 0.704. The van der Waals surface area contributed by atoms with Crippen LogP contribution >= 0.6 is 0 Å². The van der Waals surface area contributed by atoms with Crippen molar-refractivity contribution < 1.29 is 14.3 Å². The minimum Gasteiger partial charge on any atom is -0.467 e. The molecule has 0 radical (unpaired) electrons. The van der Waals surface area contributed by atoms with E-state index in [9.17, 15) is 4.79 Å². The lowest BCUT2D eigenvalue weighted by Gasteiger charge is -2.32. The Morgan fingerprint density at radius 3 is 3.20 bits per heavy atom. The molecule has 3 heterocycles. The first-order chi connectivity index (χ1) is 9.69. The van der Waals surface area contributed by atoms with Gasteiger partial charge in [-0.15, -0.1) is 0 Å². The topological polar surface area (TPSA) is 81.9 Å². The Kier molecular flexibility index (Phi) is 3.23. The van der Waals surface area contributed by atoms with Crippen molar-refractivity contribution in [3.05, 3.63) is 18.1 Å². The lowest BCUT2D eigenvalue weighted by atomic mass is 10.2. The zero-order valence-electron chi connectivity index (χ0n) is 11.3. The van der Waals surface area contributed by atoms with E-state index < -0.39 is 6.10 Å². The van der Waals surface area contributed by atoms with Gasteiger partial charge in [-0.05, 0) is 6.92 Å². The second-order valence-electron chi connectivity index (χ2n) is 4.56. The minimum absolute atomic E-state index is 0.365. The molecule has 0 bridgehead atoms. The lowest BCUT2D eigenvalue weighted by Crippen LogP contribution is -2.47. The van der Waals surface area contributed by atoms with Crippen LogP contribution in [0.5, 0.6) is 0 Å². The van der Waals surface area contributed by atoms with Crippen molar-refractivity contribution in [3.63, 3.8) is 0 Å². The van der Waals surface area contributed by atoms with Gasteiger partial charge in [0.05, 0.1) is 20.3 Å². The average molecular weight is 277 g/mol. The molecular formula is C12H15N5O3. The van der Waals surface area contributed by atoms with Crippen molar-refractivity contribution in [2.75, 3.05) is 31.7 Å². The number of carbonyl (C=O) groups excluding carboxylic acids is 1. The Morgan fingerprint density at radius 1 is 1.55 bits per heavy atom. The number of morpholine rings is 1. The predicted molar refractivity (Wildman–Crippen MR) is 69.5 cm³/mol. The molecule has 3 rings (SSSR count). The Balaban J connectivity index is 1.94. The zero-order valence-corrected chi connectivity index (χ0v) is 11.3. The monoisotopic (exact) mass is 277 g/mol. The van der Waals surface area contributed by atoms with Gasteiger partial charge >= 0.3 is 5.97 Å². The molecule has 8 heteroatoms. The highest BCUT2D eigenvalue weighted by Crippen LogP contribution is 2.19. The number of ether oxygens (including phenoxy) is 2. The van der Waals surface area contributed by atoms with Gasteiger partial charge in [0, 0.05) is 18.3 Å². The van der Waals surface area contributed by atoms with E-state index in [-0.39, 0.29) is 5.97 Å². The van der Waals surface area contributed by atoms with E-state index in [1.807, 2.05) is 17.9 Å². The molecule has 0 aliphatic carbocycles. The molecule has 1 aliphatic rings. The van der Waals surface area contributed by atoms with E-state index >= 15 is 0 Å². The third kappa shape index (κ3) is 2.18. The maximum Gasteiger partial charge on any atom is 0.336 e. The van der Waals surface area contributed by atoms with E-state index in [4.69, 9.17) is 9.47 Å². The number of hydrogen-bond donors (Lipinski definition) is 0. The summed E-state index contributed by atoms with van der Waals surface area (Å²) in [6.07, 6.45) is 0.879. The van der Waals surface area contributed by atoms with E-state index in [1.165, 1.54) is 13.4 Å². The smallest absolute Gasteiger partial charge is 0.336 e. The number of carbonyl (C=O) groups is 1. The van der Waals surface area contributed by atoms with Gasteiger partial charge in [-0.25, -0.2) is 9.78 Å². The van der Waals surface area contributed by atoms with Crippen LogP contribution in [0.15, 0.2) is 12.4 Å². The first-order valence-corrected chi connectivity index (χ1v) is 6.31. The van der Waals surface area contributed by atoms with Gasteiger partial charge in [-0.1, -0.05) is 0 Å². The molecule has 0 amide bonds.